The number of fused-ring (bicyclic) bond motifs is 1. The van der Waals surface area contributed by atoms with E-state index in [1.807, 2.05) is 24.3 Å². The summed E-state index contributed by atoms with van der Waals surface area (Å²) in [7, 11) is -3.74. The van der Waals surface area contributed by atoms with Crippen molar-refractivity contribution in [1.82, 2.24) is 4.98 Å². The first-order valence-electron chi connectivity index (χ1n) is 9.79. The van der Waals surface area contributed by atoms with Crippen LogP contribution >= 0.6 is 0 Å². The van der Waals surface area contributed by atoms with Crippen molar-refractivity contribution in [3.05, 3.63) is 90.1 Å². The van der Waals surface area contributed by atoms with E-state index in [2.05, 4.69) is 17.2 Å². The minimum absolute atomic E-state index is 0.111. The fourth-order valence-electron chi connectivity index (χ4n) is 3.41. The maximum absolute atomic E-state index is 13.1. The largest absolute Gasteiger partial charge is 0.365 e. The van der Waals surface area contributed by atoms with Crippen LogP contribution in [0.3, 0.4) is 0 Å². The highest BCUT2D eigenvalue weighted by Crippen LogP contribution is 2.32. The summed E-state index contributed by atoms with van der Waals surface area (Å²) in [5, 5.41) is 3.75. The van der Waals surface area contributed by atoms with Gasteiger partial charge in [0.05, 0.1) is 26.6 Å². The Hall–Kier alpha value is -3.71. The topological polar surface area (TPSA) is 102 Å². The van der Waals surface area contributed by atoms with Crippen molar-refractivity contribution >= 4 is 38.0 Å². The Morgan fingerprint density at radius 3 is 2.45 bits per heavy atom. The minimum Gasteiger partial charge on any atom is -0.365 e. The molecule has 0 aliphatic rings. The van der Waals surface area contributed by atoms with Gasteiger partial charge in [0.25, 0.3) is 5.91 Å². The Kier molecular flexibility index (Phi) is 5.44. The van der Waals surface area contributed by atoms with Crippen molar-refractivity contribution in [2.24, 2.45) is 5.73 Å². The van der Waals surface area contributed by atoms with Crippen LogP contribution in [0.4, 0.5) is 11.4 Å². The molecule has 0 aliphatic heterocycles. The van der Waals surface area contributed by atoms with Gasteiger partial charge in [-0.2, -0.15) is 0 Å². The van der Waals surface area contributed by atoms with Gasteiger partial charge < -0.3 is 11.1 Å². The zero-order valence-corrected chi connectivity index (χ0v) is 17.7. The van der Waals surface area contributed by atoms with Crippen LogP contribution in [0.15, 0.2) is 88.8 Å². The molecule has 3 N–H and O–H groups in total. The fraction of sp³-hybridized carbons (Fsp3) is 0.0833. The van der Waals surface area contributed by atoms with Gasteiger partial charge in [0.1, 0.15) is 0 Å². The van der Waals surface area contributed by atoms with E-state index in [4.69, 9.17) is 5.73 Å². The molecule has 4 rings (SSSR count). The van der Waals surface area contributed by atoms with Crippen molar-refractivity contribution < 1.29 is 13.2 Å². The summed E-state index contributed by atoms with van der Waals surface area (Å²) in [6, 6.07) is 20.7. The predicted octanol–water partition coefficient (Wildman–Crippen LogP) is 4.47. The number of nitrogens with two attached hydrogens (primary N) is 1. The highest BCUT2D eigenvalue weighted by Gasteiger charge is 2.20. The zero-order valence-electron chi connectivity index (χ0n) is 16.9. The fourth-order valence-corrected chi connectivity index (χ4v) is 4.72. The number of aryl methyl sites for hydroxylation is 1. The number of pyridine rings is 1. The molecule has 31 heavy (non-hydrogen) atoms. The molecule has 0 aliphatic carbocycles. The van der Waals surface area contributed by atoms with Crippen LogP contribution in [0.5, 0.6) is 0 Å². The lowest BCUT2D eigenvalue weighted by Gasteiger charge is -2.15. The molecule has 156 valence electrons. The molecule has 3 aromatic carbocycles. The third-order valence-electron chi connectivity index (χ3n) is 5.07. The molecule has 0 bridgehead atoms. The highest BCUT2D eigenvalue weighted by atomic mass is 32.2. The lowest BCUT2D eigenvalue weighted by atomic mass is 10.1. The summed E-state index contributed by atoms with van der Waals surface area (Å²) in [5.41, 5.74) is 8.64. The van der Waals surface area contributed by atoms with Gasteiger partial charge in [0, 0.05) is 17.3 Å². The Morgan fingerprint density at radius 1 is 0.968 bits per heavy atom. The maximum Gasteiger partial charge on any atom is 0.252 e. The van der Waals surface area contributed by atoms with E-state index in [0.29, 0.717) is 16.6 Å². The number of anilines is 2. The van der Waals surface area contributed by atoms with Crippen LogP contribution in [-0.2, 0) is 16.3 Å². The van der Waals surface area contributed by atoms with E-state index in [1.54, 1.807) is 36.4 Å². The standard InChI is InChI=1S/C24H21N3O3S/c1-2-16-7-6-8-17(13-16)27-23-20-14-19(31(29,30)18-9-4-3-5-10-18)11-12-22(20)26-15-21(23)24(25)28/h3-15H,2H2,1H3,(H2,25,28)(H,26,27). The zero-order chi connectivity index (χ0) is 22.0. The summed E-state index contributed by atoms with van der Waals surface area (Å²) < 4.78 is 26.2. The van der Waals surface area contributed by atoms with Crippen molar-refractivity contribution in [3.8, 4) is 0 Å². The summed E-state index contributed by atoms with van der Waals surface area (Å²) in [6.07, 6.45) is 2.26. The molecule has 0 radical (unpaired) electrons. The molecule has 6 nitrogen and oxygen atoms in total. The quantitative estimate of drug-likeness (QED) is 0.469. The average Bonchev–Trinajstić information content (AvgIpc) is 2.79. The molecule has 1 aromatic heterocycles. The summed E-state index contributed by atoms with van der Waals surface area (Å²) in [5.74, 6) is -0.653. The van der Waals surface area contributed by atoms with Crippen LogP contribution < -0.4 is 11.1 Å². The van der Waals surface area contributed by atoms with Crippen LogP contribution in [0.25, 0.3) is 10.9 Å². The number of carbonyl (C=O) groups is 1. The lowest BCUT2D eigenvalue weighted by molar-refractivity contribution is 0.100. The molecule has 0 unspecified atom stereocenters. The van der Waals surface area contributed by atoms with E-state index < -0.39 is 15.7 Å². The van der Waals surface area contributed by atoms with Crippen LogP contribution in [0, 0.1) is 0 Å². The van der Waals surface area contributed by atoms with E-state index in [1.165, 1.54) is 18.3 Å². The molecule has 0 saturated carbocycles. The Balaban J connectivity index is 1.91. The summed E-state index contributed by atoms with van der Waals surface area (Å²) in [6.45, 7) is 2.05. The number of rotatable bonds is 6. The molecule has 7 heteroatoms. The normalized spacial score (nSPS) is 11.4. The van der Waals surface area contributed by atoms with Gasteiger partial charge in [-0.15, -0.1) is 0 Å². The SMILES string of the molecule is CCc1cccc(Nc2c(C(N)=O)cnc3ccc(S(=O)(=O)c4ccccc4)cc23)c1. The van der Waals surface area contributed by atoms with Gasteiger partial charge >= 0.3 is 0 Å². The van der Waals surface area contributed by atoms with E-state index in [-0.39, 0.29) is 15.4 Å². The first-order valence-corrected chi connectivity index (χ1v) is 11.3. The molecule has 1 amide bonds. The number of carbonyl (C=O) groups excluding carboxylic acids is 1. The highest BCUT2D eigenvalue weighted by molar-refractivity contribution is 7.91. The smallest absolute Gasteiger partial charge is 0.252 e. The first kappa shape index (κ1) is 20.6. The van der Waals surface area contributed by atoms with Gasteiger partial charge in [0.2, 0.25) is 9.84 Å². The Morgan fingerprint density at radius 2 is 1.74 bits per heavy atom. The molecule has 4 aromatic rings. The minimum atomic E-state index is -3.74. The Labute approximate surface area is 180 Å². The van der Waals surface area contributed by atoms with Crippen molar-refractivity contribution in [3.63, 3.8) is 0 Å². The molecular weight excluding hydrogens is 410 g/mol. The number of aromatic nitrogens is 1. The molecule has 0 spiro atoms. The van der Waals surface area contributed by atoms with Gasteiger partial charge in [-0.25, -0.2) is 8.42 Å². The lowest BCUT2D eigenvalue weighted by Crippen LogP contribution is -2.14. The number of amides is 1. The number of hydrogen-bond acceptors (Lipinski definition) is 5. The number of benzene rings is 3. The number of sulfone groups is 1. The van der Waals surface area contributed by atoms with E-state index in [9.17, 15) is 13.2 Å². The van der Waals surface area contributed by atoms with Crippen LogP contribution in [0.1, 0.15) is 22.8 Å². The average molecular weight is 432 g/mol. The molecule has 1 heterocycles. The second-order valence-electron chi connectivity index (χ2n) is 7.09. The third kappa shape index (κ3) is 4.00. The van der Waals surface area contributed by atoms with Gasteiger partial charge in [0.15, 0.2) is 0 Å². The molecule has 0 saturated heterocycles. The molecule has 0 fully saturated rings. The van der Waals surface area contributed by atoms with Gasteiger partial charge in [-0.05, 0) is 54.4 Å². The van der Waals surface area contributed by atoms with Crippen LogP contribution in [-0.4, -0.2) is 19.3 Å². The number of nitrogens with zero attached hydrogens (tertiary/aromatic N) is 1. The Bertz CT molecular complexity index is 1380. The van der Waals surface area contributed by atoms with Gasteiger partial charge in [-0.3, -0.25) is 9.78 Å². The molecular formula is C24H21N3O3S. The number of nitrogens with one attached hydrogen (secondary N) is 1. The summed E-state index contributed by atoms with van der Waals surface area (Å²) >= 11 is 0. The predicted molar refractivity (Wildman–Crippen MR) is 121 cm³/mol. The molecule has 0 atom stereocenters. The monoisotopic (exact) mass is 431 g/mol. The van der Waals surface area contributed by atoms with E-state index in [0.717, 1.165) is 17.7 Å². The second-order valence-corrected chi connectivity index (χ2v) is 9.04. The second kappa shape index (κ2) is 8.20. The van der Waals surface area contributed by atoms with Crippen molar-refractivity contribution in [2.45, 2.75) is 23.1 Å². The number of hydrogen-bond donors (Lipinski definition) is 2. The van der Waals surface area contributed by atoms with Gasteiger partial charge in [-0.1, -0.05) is 37.3 Å². The summed E-state index contributed by atoms with van der Waals surface area (Å²) in [4.78, 5) is 16.7. The van der Waals surface area contributed by atoms with Crippen molar-refractivity contribution in [1.29, 1.82) is 0 Å². The first-order chi connectivity index (χ1) is 14.9. The third-order valence-corrected chi connectivity index (χ3v) is 6.84. The van der Waals surface area contributed by atoms with E-state index >= 15 is 0 Å². The van der Waals surface area contributed by atoms with Crippen LogP contribution in [0.2, 0.25) is 0 Å². The maximum atomic E-state index is 13.1. The number of primary amides is 1. The van der Waals surface area contributed by atoms with Crippen molar-refractivity contribution in [2.75, 3.05) is 5.32 Å².